The maximum atomic E-state index is 13.1. The van der Waals surface area contributed by atoms with Crippen LogP contribution in [0.2, 0.25) is 0 Å². The molecule has 0 spiro atoms. The van der Waals surface area contributed by atoms with Gasteiger partial charge in [-0.05, 0) is 44.9 Å². The van der Waals surface area contributed by atoms with Crippen molar-refractivity contribution in [3.8, 4) is 0 Å². The van der Waals surface area contributed by atoms with Crippen LogP contribution >= 0.6 is 0 Å². The van der Waals surface area contributed by atoms with Gasteiger partial charge in [0.25, 0.3) is 0 Å². The van der Waals surface area contributed by atoms with Crippen molar-refractivity contribution in [3.63, 3.8) is 0 Å². The van der Waals surface area contributed by atoms with E-state index < -0.39 is 92.7 Å². The van der Waals surface area contributed by atoms with Gasteiger partial charge in [-0.2, -0.15) is 0 Å². The van der Waals surface area contributed by atoms with E-state index in [1.807, 2.05) is 0 Å². The highest BCUT2D eigenvalue weighted by atomic mass is 16.7. The van der Waals surface area contributed by atoms with Gasteiger partial charge in [0.15, 0.2) is 18.7 Å². The molecule has 11 atom stereocenters. The third-order valence-corrected chi connectivity index (χ3v) is 13.9. The number of aliphatic hydroxyl groups excluding tert-OH is 7. The molecule has 15 nitrogen and oxygen atoms in total. The number of esters is 2. The number of aliphatic hydroxyl groups is 7. The van der Waals surface area contributed by atoms with E-state index in [0.717, 1.165) is 57.8 Å². The van der Waals surface area contributed by atoms with Gasteiger partial charge in [0.05, 0.1) is 19.8 Å². The minimum Gasteiger partial charge on any atom is -0.462 e. The molecule has 0 saturated carbocycles. The third kappa shape index (κ3) is 31.1. The highest BCUT2D eigenvalue weighted by Gasteiger charge is 2.47. The quantitative estimate of drug-likeness (QED) is 0.0171. The number of rotatable bonds is 46. The Morgan fingerprint density at radius 3 is 1.32 bits per heavy atom. The number of unbranched alkanes of at least 4 members (excludes halogenated alkanes) is 28. The first-order valence-electron chi connectivity index (χ1n) is 28.9. The molecule has 2 aliphatic rings. The Morgan fingerprint density at radius 2 is 0.833 bits per heavy atom. The van der Waals surface area contributed by atoms with E-state index in [2.05, 4.69) is 38.2 Å². The predicted octanol–water partition coefficient (Wildman–Crippen LogP) is 9.50. The minimum atomic E-state index is -1.76. The second kappa shape index (κ2) is 44.1. The minimum absolute atomic E-state index is 0.163. The molecule has 7 N–H and O–H groups in total. The van der Waals surface area contributed by atoms with Crippen molar-refractivity contribution in [1.29, 1.82) is 0 Å². The number of carbonyl (C=O) groups excluding carboxylic acids is 2. The molecule has 0 aliphatic carbocycles. The van der Waals surface area contributed by atoms with E-state index in [-0.39, 0.29) is 26.1 Å². The van der Waals surface area contributed by atoms with Crippen LogP contribution in [0.15, 0.2) is 24.3 Å². The Bertz CT molecular complexity index is 1350. The van der Waals surface area contributed by atoms with Crippen LogP contribution in [-0.4, -0.2) is 142 Å². The molecule has 422 valence electrons. The number of hydrogen-bond donors (Lipinski definition) is 7. The van der Waals surface area contributed by atoms with E-state index in [9.17, 15) is 45.3 Å². The second-order valence-electron chi connectivity index (χ2n) is 20.5. The van der Waals surface area contributed by atoms with Crippen LogP contribution in [0.3, 0.4) is 0 Å². The molecule has 15 heteroatoms. The number of allylic oxidation sites excluding steroid dienone is 4. The van der Waals surface area contributed by atoms with Crippen LogP contribution in [0.1, 0.15) is 232 Å². The lowest BCUT2D eigenvalue weighted by atomic mass is 9.98. The highest BCUT2D eigenvalue weighted by Crippen LogP contribution is 2.27. The summed E-state index contributed by atoms with van der Waals surface area (Å²) in [7, 11) is 0. The van der Waals surface area contributed by atoms with Gasteiger partial charge in [0.1, 0.15) is 55.4 Å². The van der Waals surface area contributed by atoms with Gasteiger partial charge in [-0.3, -0.25) is 9.59 Å². The maximum Gasteiger partial charge on any atom is 0.306 e. The summed E-state index contributed by atoms with van der Waals surface area (Å²) in [6.07, 6.45) is 30.5. The average Bonchev–Trinajstić information content (AvgIpc) is 3.37. The predicted molar refractivity (Wildman–Crippen MR) is 280 cm³/mol. The molecule has 0 aromatic carbocycles. The van der Waals surface area contributed by atoms with Crippen molar-refractivity contribution in [2.75, 3.05) is 26.4 Å². The van der Waals surface area contributed by atoms with Gasteiger partial charge in [-0.15, -0.1) is 0 Å². The summed E-state index contributed by atoms with van der Waals surface area (Å²) >= 11 is 0. The Balaban J connectivity index is 1.76. The fraction of sp³-hybridized carbons (Fsp3) is 0.895. The van der Waals surface area contributed by atoms with Crippen LogP contribution in [0.5, 0.6) is 0 Å². The summed E-state index contributed by atoms with van der Waals surface area (Å²) in [6, 6.07) is 0. The molecule has 0 aromatic heterocycles. The van der Waals surface area contributed by atoms with E-state index in [4.69, 9.17) is 28.4 Å². The van der Waals surface area contributed by atoms with Crippen LogP contribution in [0, 0.1) is 0 Å². The molecule has 0 aromatic rings. The van der Waals surface area contributed by atoms with Crippen LogP contribution in [-0.2, 0) is 38.0 Å². The van der Waals surface area contributed by atoms with Crippen molar-refractivity contribution in [1.82, 2.24) is 0 Å². The second-order valence-corrected chi connectivity index (χ2v) is 20.5. The fourth-order valence-corrected chi connectivity index (χ4v) is 9.19. The Kier molecular flexibility index (Phi) is 40.5. The van der Waals surface area contributed by atoms with Gasteiger partial charge in [0, 0.05) is 12.8 Å². The molecule has 0 radical (unpaired) electrons. The van der Waals surface area contributed by atoms with Crippen LogP contribution < -0.4 is 0 Å². The Morgan fingerprint density at radius 1 is 0.444 bits per heavy atom. The molecule has 2 fully saturated rings. The zero-order chi connectivity index (χ0) is 52.4. The summed E-state index contributed by atoms with van der Waals surface area (Å²) in [5.41, 5.74) is 0. The van der Waals surface area contributed by atoms with Gasteiger partial charge < -0.3 is 64.2 Å². The zero-order valence-corrected chi connectivity index (χ0v) is 44.9. The molecule has 72 heavy (non-hydrogen) atoms. The van der Waals surface area contributed by atoms with Crippen molar-refractivity contribution in [2.24, 2.45) is 0 Å². The standard InChI is InChI=1S/C57H104O15/c1-3-5-7-9-11-13-15-17-19-21-22-24-26-28-30-32-34-36-38-40-49(60)70-45(42-67-48(59)39-37-35-33-31-29-27-25-23-20-18-16-14-12-10-8-6-4-2)43-68-56-55(66)53(64)51(62)47(72-56)44-69-57-54(65)52(63)50(61)46(41-58)71-57/h11,13,17,19,45-47,50-58,61-66H,3-10,12,14-16,18,20-44H2,1-2H3/b13-11-,19-17-. The number of hydrogen-bond acceptors (Lipinski definition) is 15. The summed E-state index contributed by atoms with van der Waals surface area (Å²) in [5, 5.41) is 72.3. The third-order valence-electron chi connectivity index (χ3n) is 13.9. The average molecular weight is 1030 g/mol. The summed E-state index contributed by atoms with van der Waals surface area (Å²) in [6.45, 7) is 2.60. The van der Waals surface area contributed by atoms with E-state index >= 15 is 0 Å². The van der Waals surface area contributed by atoms with Crippen LogP contribution in [0.25, 0.3) is 0 Å². The lowest BCUT2D eigenvalue weighted by molar-refractivity contribution is -0.332. The molecule has 0 amide bonds. The van der Waals surface area contributed by atoms with E-state index in [0.29, 0.717) is 12.8 Å². The molecular formula is C57H104O15. The van der Waals surface area contributed by atoms with Gasteiger partial charge in [0.2, 0.25) is 0 Å². The van der Waals surface area contributed by atoms with Crippen molar-refractivity contribution in [2.45, 2.75) is 300 Å². The van der Waals surface area contributed by atoms with Crippen molar-refractivity contribution >= 4 is 11.9 Å². The van der Waals surface area contributed by atoms with E-state index in [1.54, 1.807) is 0 Å². The van der Waals surface area contributed by atoms with Gasteiger partial charge in [-0.1, -0.05) is 199 Å². The highest BCUT2D eigenvalue weighted by molar-refractivity contribution is 5.70. The lowest BCUT2D eigenvalue weighted by Gasteiger charge is -2.42. The molecule has 2 rings (SSSR count). The van der Waals surface area contributed by atoms with E-state index in [1.165, 1.54) is 135 Å². The molecule has 11 unspecified atom stereocenters. The Labute approximate surface area is 434 Å². The largest absolute Gasteiger partial charge is 0.462 e. The molecule has 2 saturated heterocycles. The first-order valence-corrected chi connectivity index (χ1v) is 28.9. The summed E-state index contributed by atoms with van der Waals surface area (Å²) in [5.74, 6) is -0.917. The fourth-order valence-electron chi connectivity index (χ4n) is 9.19. The van der Waals surface area contributed by atoms with Gasteiger partial charge >= 0.3 is 11.9 Å². The number of carbonyl (C=O) groups is 2. The molecule has 2 heterocycles. The molecule has 2 aliphatic heterocycles. The molecule has 0 bridgehead atoms. The monoisotopic (exact) mass is 1030 g/mol. The summed E-state index contributed by atoms with van der Waals surface area (Å²) in [4.78, 5) is 25.9. The topological polar surface area (TPSA) is 231 Å². The number of ether oxygens (including phenoxy) is 6. The SMILES string of the molecule is CCCCC/C=C\C/C=C\CCCCCCCCCCCC(=O)OC(COC(=O)CCCCCCCCCCCCCCCCCCC)COC1OC(COC2OC(CO)C(O)C(O)C2O)C(O)C(O)C1O. The van der Waals surface area contributed by atoms with Gasteiger partial charge in [-0.25, -0.2) is 0 Å². The molecular weight excluding hydrogens is 925 g/mol. The van der Waals surface area contributed by atoms with Crippen LogP contribution in [0.4, 0.5) is 0 Å². The lowest BCUT2D eigenvalue weighted by Crippen LogP contribution is -2.61. The first kappa shape index (κ1) is 66.1. The van der Waals surface area contributed by atoms with Crippen molar-refractivity contribution < 1.29 is 73.8 Å². The first-order chi connectivity index (χ1) is 35.0. The summed E-state index contributed by atoms with van der Waals surface area (Å²) < 4.78 is 33.7. The maximum absolute atomic E-state index is 13.1. The zero-order valence-electron chi connectivity index (χ0n) is 44.9. The smallest absolute Gasteiger partial charge is 0.306 e. The normalized spacial score (nSPS) is 25.1. The Hall–Kier alpha value is -2.02. The van der Waals surface area contributed by atoms with Crippen molar-refractivity contribution in [3.05, 3.63) is 24.3 Å².